The highest BCUT2D eigenvalue weighted by Crippen LogP contribution is 2.38. The molecule has 53 heavy (non-hydrogen) atoms. The van der Waals surface area contributed by atoms with E-state index in [0.717, 1.165) is 66.3 Å². The lowest BCUT2D eigenvalue weighted by Crippen LogP contribution is -2.48. The summed E-state index contributed by atoms with van der Waals surface area (Å²) in [7, 11) is -1.52. The first-order valence-electron chi connectivity index (χ1n) is 17.9. The van der Waals surface area contributed by atoms with E-state index in [9.17, 15) is 0 Å². The molecular weight excluding hydrogens is 663 g/mol. The third-order valence-corrected chi connectivity index (χ3v) is 13.1. The summed E-state index contributed by atoms with van der Waals surface area (Å²) < 4.78 is 4.85. The number of rotatable bonds is 5. The van der Waals surface area contributed by atoms with Gasteiger partial charge >= 0.3 is 0 Å². The molecule has 0 amide bonds. The Hall–Kier alpha value is -6.89. The fourth-order valence-electron chi connectivity index (χ4n) is 8.14. The van der Waals surface area contributed by atoms with Gasteiger partial charge in [-0.25, -0.2) is 9.97 Å². The fourth-order valence-corrected chi connectivity index (χ4v) is 10.9. The number of nitrogens with zero attached hydrogens (tertiary/aromatic N) is 5. The Bertz CT molecular complexity index is 3140. The van der Waals surface area contributed by atoms with Gasteiger partial charge in [0.25, 0.3) is 0 Å². The van der Waals surface area contributed by atoms with Crippen molar-refractivity contribution in [3.63, 3.8) is 0 Å². The Morgan fingerprint density at radius 2 is 1.13 bits per heavy atom. The van der Waals surface area contributed by atoms with Gasteiger partial charge in [-0.2, -0.15) is 0 Å². The van der Waals surface area contributed by atoms with Crippen LogP contribution in [0.15, 0.2) is 182 Å². The van der Waals surface area contributed by atoms with Crippen molar-refractivity contribution in [2.75, 3.05) is 0 Å². The van der Waals surface area contributed by atoms with E-state index >= 15 is 0 Å². The maximum absolute atomic E-state index is 5.70. The lowest BCUT2D eigenvalue weighted by molar-refractivity contribution is 1.07. The number of pyridine rings is 3. The quantitative estimate of drug-likeness (QED) is 0.169. The number of benzene rings is 6. The minimum Gasteiger partial charge on any atom is -0.357 e. The van der Waals surface area contributed by atoms with Gasteiger partial charge in [-0.15, -0.1) is 0 Å². The lowest BCUT2D eigenvalue weighted by atomic mass is 10.1. The third kappa shape index (κ3) is 4.59. The summed E-state index contributed by atoms with van der Waals surface area (Å²) in [5, 5.41) is 9.54. The van der Waals surface area contributed by atoms with E-state index in [4.69, 9.17) is 15.0 Å². The Morgan fingerprint density at radius 3 is 1.92 bits per heavy atom. The zero-order chi connectivity index (χ0) is 34.9. The molecule has 0 saturated heterocycles. The molecule has 6 aromatic carbocycles. The van der Waals surface area contributed by atoms with Crippen molar-refractivity contribution in [2.24, 2.45) is 0 Å². The summed E-state index contributed by atoms with van der Waals surface area (Å²) in [6, 6.07) is 62.8. The summed E-state index contributed by atoms with van der Waals surface area (Å²) in [6.45, 7) is 0. The van der Waals surface area contributed by atoms with Crippen molar-refractivity contribution < 1.29 is 0 Å². The molecule has 11 aromatic rings. The molecule has 0 atom stereocenters. The first kappa shape index (κ1) is 29.8. The van der Waals surface area contributed by atoms with Crippen LogP contribution in [-0.2, 0) is 0 Å². The van der Waals surface area contributed by atoms with Crippen molar-refractivity contribution in [2.45, 2.75) is 0 Å². The second-order valence-electron chi connectivity index (χ2n) is 13.4. The van der Waals surface area contributed by atoms with Crippen LogP contribution in [0, 0.1) is 0 Å². The molecule has 0 saturated carbocycles. The molecule has 0 fully saturated rings. The predicted molar refractivity (Wildman–Crippen MR) is 221 cm³/mol. The first-order chi connectivity index (χ1) is 26.3. The van der Waals surface area contributed by atoms with Gasteiger partial charge in [0.2, 0.25) is 8.96 Å². The second kappa shape index (κ2) is 11.8. The predicted octanol–water partition coefficient (Wildman–Crippen LogP) is 9.70. The van der Waals surface area contributed by atoms with Crippen LogP contribution in [0.5, 0.6) is 0 Å². The van der Waals surface area contributed by atoms with Gasteiger partial charge in [0, 0.05) is 49.6 Å². The molecule has 5 heterocycles. The molecule has 0 spiro atoms. The molecule has 0 bridgehead atoms. The highest BCUT2D eigenvalue weighted by atomic mass is 28.3. The number of fused-ring (bicyclic) bond motifs is 9. The van der Waals surface area contributed by atoms with Crippen LogP contribution in [0.4, 0.5) is 0 Å². The summed E-state index contributed by atoms with van der Waals surface area (Å²) in [5.74, 6) is 0.819. The van der Waals surface area contributed by atoms with E-state index in [2.05, 4.69) is 179 Å². The monoisotopic (exact) mass is 692 g/mol. The molecule has 247 valence electrons. The minimum absolute atomic E-state index is 0.819. The highest BCUT2D eigenvalue weighted by molar-refractivity contribution is 6.85. The van der Waals surface area contributed by atoms with E-state index < -0.39 is 8.96 Å². The smallest absolute Gasteiger partial charge is 0.247 e. The van der Waals surface area contributed by atoms with E-state index in [1.807, 2.05) is 12.3 Å². The van der Waals surface area contributed by atoms with Gasteiger partial charge in [-0.3, -0.25) is 9.55 Å². The largest absolute Gasteiger partial charge is 0.357 e. The molecule has 6 heteroatoms. The summed E-state index contributed by atoms with van der Waals surface area (Å²) in [5.41, 5.74) is 8.14. The molecule has 0 aliphatic heterocycles. The summed E-state index contributed by atoms with van der Waals surface area (Å²) in [4.78, 5) is 15.8. The molecule has 0 unspecified atom stereocenters. The Balaban J connectivity index is 1.24. The number of aromatic nitrogens is 5. The zero-order valence-corrected chi connectivity index (χ0v) is 29.6. The molecule has 1 radical (unpaired) electrons. The van der Waals surface area contributed by atoms with E-state index in [0.29, 0.717) is 0 Å². The van der Waals surface area contributed by atoms with Crippen LogP contribution < -0.4 is 10.4 Å². The average Bonchev–Trinajstić information content (AvgIpc) is 3.73. The van der Waals surface area contributed by atoms with Crippen molar-refractivity contribution in [3.8, 4) is 17.1 Å². The average molecular weight is 693 g/mol. The number of para-hydroxylation sites is 3. The first-order valence-corrected chi connectivity index (χ1v) is 19.3. The third-order valence-electron chi connectivity index (χ3n) is 10.4. The van der Waals surface area contributed by atoms with Crippen molar-refractivity contribution in [1.29, 1.82) is 0 Å². The van der Waals surface area contributed by atoms with E-state index in [-0.39, 0.29) is 0 Å². The molecule has 5 nitrogen and oxygen atoms in total. The molecule has 11 rings (SSSR count). The summed E-state index contributed by atoms with van der Waals surface area (Å²) >= 11 is 0. The molecular formula is C47H30N5Si. The van der Waals surface area contributed by atoms with Gasteiger partial charge in [0.05, 0.1) is 27.8 Å². The minimum atomic E-state index is -1.52. The van der Waals surface area contributed by atoms with Crippen LogP contribution in [0.3, 0.4) is 0 Å². The van der Waals surface area contributed by atoms with Gasteiger partial charge < -0.3 is 4.23 Å². The van der Waals surface area contributed by atoms with Crippen molar-refractivity contribution in [1.82, 2.24) is 23.8 Å². The molecule has 0 N–H and O–H groups in total. The van der Waals surface area contributed by atoms with Crippen LogP contribution >= 0.6 is 0 Å². The molecule has 0 aliphatic carbocycles. The second-order valence-corrected chi connectivity index (χ2v) is 15.7. The standard InChI is InChI=1S/C47H30N5Si/c1-3-16-33(17-4-1)53(34-18-5-2-6-19-34)52-42-25-10-8-20-35(42)37-28-27-32-30-39-36-21-7-9-24-41(36)51(47(39)50-45(32)46(37)52)43-26-12-23-40(49-43)38-22-11-14-31-15-13-29-48-44(31)38/h1-30H. The zero-order valence-electron chi connectivity index (χ0n) is 28.6. The SMILES string of the molecule is c1ccc([Si](c2ccccc2)n2c3ccccc3c3ccc4cc5c6ccccc6n(-c6cccc(-c7cccc8cccnc78)n6)c5nc4c32)cc1. The lowest BCUT2D eigenvalue weighted by Gasteiger charge is -2.20. The topological polar surface area (TPSA) is 48.5 Å². The van der Waals surface area contributed by atoms with Gasteiger partial charge in [-0.1, -0.05) is 140 Å². The van der Waals surface area contributed by atoms with E-state index in [1.165, 1.54) is 26.7 Å². The van der Waals surface area contributed by atoms with Crippen molar-refractivity contribution >= 4 is 84.9 Å². The fraction of sp³-hybridized carbons (Fsp3) is 0. The molecule has 5 aromatic heterocycles. The maximum Gasteiger partial charge on any atom is 0.247 e. The van der Waals surface area contributed by atoms with Crippen LogP contribution in [-0.4, -0.2) is 32.7 Å². The Morgan fingerprint density at radius 1 is 0.453 bits per heavy atom. The normalized spacial score (nSPS) is 11.9. The number of hydrogen-bond donors (Lipinski definition) is 0. The van der Waals surface area contributed by atoms with Crippen molar-refractivity contribution in [3.05, 3.63) is 182 Å². The van der Waals surface area contributed by atoms with Crippen LogP contribution in [0.2, 0.25) is 0 Å². The highest BCUT2D eigenvalue weighted by Gasteiger charge is 2.27. The molecule has 0 aliphatic rings. The van der Waals surface area contributed by atoms with Gasteiger partial charge in [0.1, 0.15) is 11.5 Å². The van der Waals surface area contributed by atoms with Gasteiger partial charge in [-0.05, 0) is 46.8 Å². The van der Waals surface area contributed by atoms with E-state index in [1.54, 1.807) is 0 Å². The maximum atomic E-state index is 5.70. The van der Waals surface area contributed by atoms with Gasteiger partial charge in [0.15, 0.2) is 0 Å². The van der Waals surface area contributed by atoms with Crippen LogP contribution in [0.25, 0.3) is 82.6 Å². The number of hydrogen-bond acceptors (Lipinski definition) is 3. The summed E-state index contributed by atoms with van der Waals surface area (Å²) in [6.07, 6.45) is 1.85. The van der Waals surface area contributed by atoms with Crippen LogP contribution in [0.1, 0.15) is 0 Å². The Labute approximate surface area is 306 Å². The Kier molecular flexibility index (Phi) is 6.65.